The third kappa shape index (κ3) is 2.05. The first-order valence-corrected chi connectivity index (χ1v) is 4.74. The Morgan fingerprint density at radius 2 is 2.31 bits per heavy atom. The number of nitro groups is 1. The Bertz CT molecular complexity index is 521. The molecule has 0 radical (unpaired) electrons. The van der Waals surface area contributed by atoms with Crippen molar-refractivity contribution < 1.29 is 4.92 Å². The van der Waals surface area contributed by atoms with Gasteiger partial charge in [0.2, 0.25) is 0 Å². The summed E-state index contributed by atoms with van der Waals surface area (Å²) in [6.07, 6.45) is 5.05. The van der Waals surface area contributed by atoms with Crippen LogP contribution in [0.1, 0.15) is 11.1 Å². The quantitative estimate of drug-likeness (QED) is 0.578. The van der Waals surface area contributed by atoms with E-state index in [0.29, 0.717) is 6.54 Å². The monoisotopic (exact) mass is 218 g/mol. The Hall–Kier alpha value is -2.24. The second kappa shape index (κ2) is 4.09. The molecule has 2 aromatic rings. The van der Waals surface area contributed by atoms with Crippen molar-refractivity contribution in [1.82, 2.24) is 14.8 Å². The lowest BCUT2D eigenvalue weighted by Crippen LogP contribution is -2.03. The molecule has 0 amide bonds. The Morgan fingerprint density at radius 1 is 1.50 bits per heavy atom. The summed E-state index contributed by atoms with van der Waals surface area (Å²) < 4.78 is 1.54. The van der Waals surface area contributed by atoms with Crippen LogP contribution >= 0.6 is 0 Å². The van der Waals surface area contributed by atoms with Crippen molar-refractivity contribution >= 4 is 5.82 Å². The summed E-state index contributed by atoms with van der Waals surface area (Å²) in [5.41, 5.74) is 2.09. The van der Waals surface area contributed by atoms with Gasteiger partial charge in [-0.3, -0.25) is 4.98 Å². The van der Waals surface area contributed by atoms with Gasteiger partial charge in [-0.1, -0.05) is 0 Å². The zero-order chi connectivity index (χ0) is 11.5. The second-order valence-corrected chi connectivity index (χ2v) is 3.43. The third-order valence-electron chi connectivity index (χ3n) is 2.28. The van der Waals surface area contributed by atoms with Crippen LogP contribution in [-0.4, -0.2) is 19.7 Å². The summed E-state index contributed by atoms with van der Waals surface area (Å²) in [4.78, 5) is 13.9. The van der Waals surface area contributed by atoms with Crippen LogP contribution in [-0.2, 0) is 6.54 Å². The predicted molar refractivity (Wildman–Crippen MR) is 57.0 cm³/mol. The van der Waals surface area contributed by atoms with Gasteiger partial charge >= 0.3 is 5.82 Å². The van der Waals surface area contributed by atoms with Crippen LogP contribution in [0.15, 0.2) is 30.7 Å². The van der Waals surface area contributed by atoms with Crippen molar-refractivity contribution in [3.8, 4) is 0 Å². The van der Waals surface area contributed by atoms with Crippen molar-refractivity contribution in [1.29, 1.82) is 0 Å². The van der Waals surface area contributed by atoms with Crippen LogP contribution in [0.2, 0.25) is 0 Å². The molecule has 0 N–H and O–H groups in total. The normalized spacial score (nSPS) is 10.3. The molecule has 0 aliphatic heterocycles. The zero-order valence-corrected chi connectivity index (χ0v) is 8.70. The molecule has 0 spiro atoms. The molecule has 0 fully saturated rings. The van der Waals surface area contributed by atoms with Crippen LogP contribution in [0.5, 0.6) is 0 Å². The molecule has 6 heteroatoms. The highest BCUT2D eigenvalue weighted by molar-refractivity contribution is 5.22. The van der Waals surface area contributed by atoms with E-state index in [2.05, 4.69) is 10.1 Å². The van der Waals surface area contributed by atoms with Crippen molar-refractivity contribution in [2.75, 3.05) is 0 Å². The van der Waals surface area contributed by atoms with E-state index in [1.807, 2.05) is 13.0 Å². The second-order valence-electron chi connectivity index (χ2n) is 3.43. The van der Waals surface area contributed by atoms with E-state index in [1.165, 1.54) is 6.07 Å². The fourth-order valence-corrected chi connectivity index (χ4v) is 1.39. The molecule has 0 bridgehead atoms. The fraction of sp³-hybridized carbons (Fsp3) is 0.200. The number of hydrogen-bond acceptors (Lipinski definition) is 4. The van der Waals surface area contributed by atoms with Crippen LogP contribution in [0, 0.1) is 17.0 Å². The first kappa shape index (κ1) is 10.3. The van der Waals surface area contributed by atoms with Gasteiger partial charge < -0.3 is 10.1 Å². The highest BCUT2D eigenvalue weighted by Gasteiger charge is 2.11. The number of rotatable bonds is 3. The molecule has 82 valence electrons. The van der Waals surface area contributed by atoms with Crippen LogP contribution in [0.4, 0.5) is 5.82 Å². The fourth-order valence-electron chi connectivity index (χ4n) is 1.39. The zero-order valence-electron chi connectivity index (χ0n) is 8.70. The molecule has 6 nitrogen and oxygen atoms in total. The summed E-state index contributed by atoms with van der Waals surface area (Å²) in [5.74, 6) is -0.133. The van der Waals surface area contributed by atoms with E-state index in [0.717, 1.165) is 11.1 Å². The summed E-state index contributed by atoms with van der Waals surface area (Å²) in [6, 6.07) is 3.26. The standard InChI is InChI=1S/C10H10N4O2/c1-8-6-11-4-2-9(8)7-13-5-3-10(12-13)14(15)16/h2-6H,7H2,1H3. The maximum absolute atomic E-state index is 10.5. The van der Waals surface area contributed by atoms with E-state index >= 15 is 0 Å². The van der Waals surface area contributed by atoms with Crippen molar-refractivity contribution in [2.24, 2.45) is 0 Å². The minimum absolute atomic E-state index is 0.133. The largest absolute Gasteiger partial charge is 0.389 e. The minimum Gasteiger partial charge on any atom is -0.358 e. The van der Waals surface area contributed by atoms with Gasteiger partial charge in [-0.2, -0.15) is 4.68 Å². The molecule has 16 heavy (non-hydrogen) atoms. The average Bonchev–Trinajstić information content (AvgIpc) is 2.70. The van der Waals surface area contributed by atoms with Crippen LogP contribution in [0.3, 0.4) is 0 Å². The smallest absolute Gasteiger partial charge is 0.358 e. The maximum atomic E-state index is 10.5. The molecule has 0 aliphatic carbocycles. The van der Waals surface area contributed by atoms with E-state index in [9.17, 15) is 10.1 Å². The molecule has 0 saturated heterocycles. The molecular formula is C10H10N4O2. The predicted octanol–water partition coefficient (Wildman–Crippen LogP) is 1.54. The average molecular weight is 218 g/mol. The Kier molecular flexibility index (Phi) is 2.63. The molecule has 0 aliphatic rings. The topological polar surface area (TPSA) is 73.8 Å². The SMILES string of the molecule is Cc1cnccc1Cn1ccc([N+](=O)[O-])n1. The molecule has 0 aromatic carbocycles. The lowest BCUT2D eigenvalue weighted by atomic mass is 10.2. The molecule has 2 aromatic heterocycles. The highest BCUT2D eigenvalue weighted by atomic mass is 16.6. The number of aryl methyl sites for hydroxylation is 1. The minimum atomic E-state index is -0.504. The molecule has 0 saturated carbocycles. The van der Waals surface area contributed by atoms with Gasteiger partial charge in [0.1, 0.15) is 0 Å². The Balaban J connectivity index is 2.21. The van der Waals surface area contributed by atoms with E-state index in [1.54, 1.807) is 23.3 Å². The van der Waals surface area contributed by atoms with E-state index in [-0.39, 0.29) is 5.82 Å². The van der Waals surface area contributed by atoms with Crippen LogP contribution in [0.25, 0.3) is 0 Å². The number of hydrogen-bond donors (Lipinski definition) is 0. The van der Waals surface area contributed by atoms with Gasteiger partial charge in [-0.15, -0.1) is 0 Å². The summed E-state index contributed by atoms with van der Waals surface area (Å²) in [5, 5.41) is 14.3. The van der Waals surface area contributed by atoms with Gasteiger partial charge in [-0.25, -0.2) is 0 Å². The summed E-state index contributed by atoms with van der Waals surface area (Å²) >= 11 is 0. The number of nitrogens with zero attached hydrogens (tertiary/aromatic N) is 4. The molecule has 2 heterocycles. The molecular weight excluding hydrogens is 208 g/mol. The van der Waals surface area contributed by atoms with Gasteiger partial charge in [0.05, 0.1) is 23.9 Å². The number of pyridine rings is 1. The Morgan fingerprint density at radius 3 is 2.94 bits per heavy atom. The van der Waals surface area contributed by atoms with Gasteiger partial charge in [0, 0.05) is 12.4 Å². The summed E-state index contributed by atoms with van der Waals surface area (Å²) in [7, 11) is 0. The third-order valence-corrected chi connectivity index (χ3v) is 2.28. The summed E-state index contributed by atoms with van der Waals surface area (Å²) in [6.45, 7) is 2.46. The Labute approximate surface area is 91.7 Å². The van der Waals surface area contributed by atoms with Crippen molar-refractivity contribution in [2.45, 2.75) is 13.5 Å². The van der Waals surface area contributed by atoms with E-state index < -0.39 is 4.92 Å². The van der Waals surface area contributed by atoms with Crippen molar-refractivity contribution in [3.05, 3.63) is 52.0 Å². The van der Waals surface area contributed by atoms with Gasteiger partial charge in [-0.05, 0) is 29.0 Å². The molecule has 0 unspecified atom stereocenters. The highest BCUT2D eigenvalue weighted by Crippen LogP contribution is 2.10. The maximum Gasteiger partial charge on any atom is 0.389 e. The first-order valence-electron chi connectivity index (χ1n) is 4.74. The van der Waals surface area contributed by atoms with Gasteiger partial charge in [0.15, 0.2) is 0 Å². The first-order chi connectivity index (χ1) is 7.66. The van der Waals surface area contributed by atoms with E-state index in [4.69, 9.17) is 0 Å². The lowest BCUT2D eigenvalue weighted by Gasteiger charge is -2.01. The van der Waals surface area contributed by atoms with Crippen molar-refractivity contribution in [3.63, 3.8) is 0 Å². The molecule has 0 atom stereocenters. The number of aromatic nitrogens is 3. The van der Waals surface area contributed by atoms with Crippen LogP contribution < -0.4 is 0 Å². The molecule has 2 rings (SSSR count). The van der Waals surface area contributed by atoms with Gasteiger partial charge in [0.25, 0.3) is 0 Å². The lowest BCUT2D eigenvalue weighted by molar-refractivity contribution is -0.389.